The van der Waals surface area contributed by atoms with Crippen LogP contribution in [0.15, 0.2) is 73.3 Å². The first kappa shape index (κ1) is 27.1. The van der Waals surface area contributed by atoms with Gasteiger partial charge in [0.25, 0.3) is 0 Å². The van der Waals surface area contributed by atoms with Crippen LogP contribution in [-0.4, -0.2) is 66.5 Å². The minimum absolute atomic E-state index is 0.0324. The predicted molar refractivity (Wildman–Crippen MR) is 143 cm³/mol. The molecular weight excluding hydrogens is 454 g/mol. The molecule has 3 rings (SSSR count). The first-order valence-corrected chi connectivity index (χ1v) is 12.3. The highest BCUT2D eigenvalue weighted by atomic mass is 16.7. The summed E-state index contributed by atoms with van der Waals surface area (Å²) in [4.78, 5) is 21.8. The molecule has 8 nitrogen and oxygen atoms in total. The van der Waals surface area contributed by atoms with Crippen LogP contribution in [0.2, 0.25) is 0 Å². The number of nitrogens with zero attached hydrogens (tertiary/aromatic N) is 4. The lowest BCUT2D eigenvalue weighted by atomic mass is 10.1. The van der Waals surface area contributed by atoms with Gasteiger partial charge in [-0.15, -0.1) is 5.17 Å². The van der Waals surface area contributed by atoms with Crippen molar-refractivity contribution in [2.75, 3.05) is 40.9 Å². The van der Waals surface area contributed by atoms with Crippen molar-refractivity contribution < 1.29 is 14.4 Å². The Labute approximate surface area is 214 Å². The molecule has 0 atom stereocenters. The zero-order valence-corrected chi connectivity index (χ0v) is 21.5. The van der Waals surface area contributed by atoms with Crippen molar-refractivity contribution in [3.8, 4) is 11.4 Å². The van der Waals surface area contributed by atoms with Crippen molar-refractivity contribution in [3.05, 3.63) is 84.5 Å². The number of rotatable bonds is 15. The molecule has 36 heavy (non-hydrogen) atoms. The van der Waals surface area contributed by atoms with Gasteiger partial charge in [-0.25, -0.2) is 9.99 Å². The molecular formula is C28H37N5O3. The van der Waals surface area contributed by atoms with E-state index in [0.29, 0.717) is 13.0 Å². The third-order valence-corrected chi connectivity index (χ3v) is 5.90. The van der Waals surface area contributed by atoms with Gasteiger partial charge in [0, 0.05) is 51.2 Å². The monoisotopic (exact) mass is 491 g/mol. The number of nitrogens with one attached hydrogen (secondary N) is 1. The molecule has 0 aliphatic heterocycles. The van der Waals surface area contributed by atoms with Crippen molar-refractivity contribution in [3.63, 3.8) is 0 Å². The Balaban J connectivity index is 1.29. The standard InChI is InChI=1S/C28H37N5O3/c1-31(33(36-3)21-17-25-10-4-5-11-27(25)35-2)20-7-6-18-30-28(34)12-8-9-24-13-15-26(16-14-24)32-22-19-29-23-32/h4-5,8-11,13-16,19,22-23H,6-7,12,17-18,20-21H2,1-3H3,(H,30,34)/b9-8+. The Bertz CT molecular complexity index is 1070. The molecule has 0 saturated heterocycles. The molecule has 8 heteroatoms. The molecule has 1 heterocycles. The zero-order chi connectivity index (χ0) is 25.6. The van der Waals surface area contributed by atoms with E-state index in [1.807, 2.05) is 77.6 Å². The van der Waals surface area contributed by atoms with Crippen LogP contribution in [0.5, 0.6) is 5.75 Å². The van der Waals surface area contributed by atoms with Crippen LogP contribution in [-0.2, 0) is 16.1 Å². The first-order valence-electron chi connectivity index (χ1n) is 12.3. The number of carbonyl (C=O) groups is 1. The molecule has 0 radical (unpaired) electrons. The second kappa shape index (κ2) is 14.8. The maximum Gasteiger partial charge on any atom is 0.223 e. The zero-order valence-electron chi connectivity index (χ0n) is 21.5. The van der Waals surface area contributed by atoms with E-state index in [0.717, 1.165) is 54.9 Å². The van der Waals surface area contributed by atoms with Gasteiger partial charge in [-0.1, -0.05) is 42.5 Å². The Morgan fingerprint density at radius 3 is 2.61 bits per heavy atom. The summed E-state index contributed by atoms with van der Waals surface area (Å²) in [5.74, 6) is 0.926. The molecule has 0 saturated carbocycles. The van der Waals surface area contributed by atoms with Gasteiger partial charge >= 0.3 is 0 Å². The summed E-state index contributed by atoms with van der Waals surface area (Å²) in [5.41, 5.74) is 3.26. The number of hydrazine groups is 1. The highest BCUT2D eigenvalue weighted by Gasteiger charge is 2.12. The molecule has 0 bridgehead atoms. The number of imidazole rings is 1. The smallest absolute Gasteiger partial charge is 0.223 e. The van der Waals surface area contributed by atoms with E-state index in [-0.39, 0.29) is 5.91 Å². The molecule has 3 aromatic rings. The molecule has 0 fully saturated rings. The normalized spacial score (nSPS) is 11.5. The number of amides is 1. The summed E-state index contributed by atoms with van der Waals surface area (Å²) < 4.78 is 7.38. The summed E-state index contributed by atoms with van der Waals surface area (Å²) in [6, 6.07) is 16.1. The van der Waals surface area contributed by atoms with Crippen molar-refractivity contribution >= 4 is 12.0 Å². The fraction of sp³-hybridized carbons (Fsp3) is 0.357. The summed E-state index contributed by atoms with van der Waals surface area (Å²) in [5, 5.41) is 6.92. The van der Waals surface area contributed by atoms with E-state index in [2.05, 4.69) is 21.4 Å². The Hall–Kier alpha value is -3.46. The molecule has 192 valence electrons. The molecule has 0 spiro atoms. The highest BCUT2D eigenvalue weighted by Crippen LogP contribution is 2.18. The van der Waals surface area contributed by atoms with Crippen LogP contribution in [0.3, 0.4) is 0 Å². The quantitative estimate of drug-likeness (QED) is 0.255. The average Bonchev–Trinajstić information content (AvgIpc) is 3.44. The van der Waals surface area contributed by atoms with E-state index in [1.165, 1.54) is 0 Å². The largest absolute Gasteiger partial charge is 0.496 e. The van der Waals surface area contributed by atoms with Gasteiger partial charge in [-0.05, 0) is 48.6 Å². The number of benzene rings is 2. The van der Waals surface area contributed by atoms with Crippen LogP contribution in [0.4, 0.5) is 0 Å². The first-order chi connectivity index (χ1) is 17.6. The molecule has 0 aliphatic rings. The maximum atomic E-state index is 12.1. The van der Waals surface area contributed by atoms with Crippen LogP contribution < -0.4 is 10.1 Å². The number of methoxy groups -OCH3 is 1. The van der Waals surface area contributed by atoms with Gasteiger partial charge in [0.05, 0.1) is 20.5 Å². The Kier molecular flexibility index (Phi) is 11.2. The molecule has 0 unspecified atom stereocenters. The average molecular weight is 492 g/mol. The number of unbranched alkanes of at least 4 members (excludes halogenated alkanes) is 1. The van der Waals surface area contributed by atoms with Crippen LogP contribution in [0.1, 0.15) is 30.4 Å². The van der Waals surface area contributed by atoms with Crippen molar-refractivity contribution in [2.24, 2.45) is 0 Å². The lowest BCUT2D eigenvalue weighted by Crippen LogP contribution is -2.41. The number of hydrogen-bond donors (Lipinski definition) is 1. The number of para-hydroxylation sites is 1. The summed E-state index contributed by atoms with van der Waals surface area (Å²) in [7, 11) is 5.38. The molecule has 1 N–H and O–H groups in total. The lowest BCUT2D eigenvalue weighted by molar-refractivity contribution is -0.258. The lowest BCUT2D eigenvalue weighted by Gasteiger charge is -2.29. The van der Waals surface area contributed by atoms with Crippen molar-refractivity contribution in [2.45, 2.75) is 25.7 Å². The van der Waals surface area contributed by atoms with Crippen LogP contribution in [0, 0.1) is 0 Å². The van der Waals surface area contributed by atoms with Gasteiger partial charge in [0.15, 0.2) is 0 Å². The van der Waals surface area contributed by atoms with Gasteiger partial charge < -0.3 is 14.6 Å². The second-order valence-corrected chi connectivity index (χ2v) is 8.43. The molecule has 1 amide bonds. The SMILES string of the molecule is COc1ccccc1CCN(OC)N(C)CCCCNC(=O)C/C=C/c1ccc(-n2ccnc2)cc1. The third-order valence-electron chi connectivity index (χ3n) is 5.90. The van der Waals surface area contributed by atoms with E-state index >= 15 is 0 Å². The van der Waals surface area contributed by atoms with Crippen molar-refractivity contribution in [1.82, 2.24) is 25.0 Å². The Morgan fingerprint density at radius 2 is 1.89 bits per heavy atom. The van der Waals surface area contributed by atoms with Gasteiger partial charge in [-0.3, -0.25) is 9.63 Å². The number of aromatic nitrogens is 2. The highest BCUT2D eigenvalue weighted by molar-refractivity contribution is 5.78. The maximum absolute atomic E-state index is 12.1. The molecule has 0 aliphatic carbocycles. The molecule has 1 aromatic heterocycles. The fourth-order valence-corrected chi connectivity index (χ4v) is 3.88. The van der Waals surface area contributed by atoms with E-state index in [4.69, 9.17) is 9.57 Å². The minimum Gasteiger partial charge on any atom is -0.496 e. The number of ether oxygens (including phenoxy) is 1. The van der Waals surface area contributed by atoms with E-state index < -0.39 is 0 Å². The Morgan fingerprint density at radius 1 is 1.08 bits per heavy atom. The van der Waals surface area contributed by atoms with E-state index in [9.17, 15) is 4.79 Å². The fourth-order valence-electron chi connectivity index (χ4n) is 3.88. The van der Waals surface area contributed by atoms with Crippen molar-refractivity contribution in [1.29, 1.82) is 0 Å². The summed E-state index contributed by atoms with van der Waals surface area (Å²) >= 11 is 0. The second-order valence-electron chi connectivity index (χ2n) is 8.43. The number of hydroxylamine groups is 1. The molecule has 2 aromatic carbocycles. The van der Waals surface area contributed by atoms with Gasteiger partial charge in [0.1, 0.15) is 5.75 Å². The topological polar surface area (TPSA) is 71.9 Å². The van der Waals surface area contributed by atoms with E-state index in [1.54, 1.807) is 26.7 Å². The summed E-state index contributed by atoms with van der Waals surface area (Å²) in [6.45, 7) is 2.22. The predicted octanol–water partition coefficient (Wildman–Crippen LogP) is 4.13. The van der Waals surface area contributed by atoms with Gasteiger partial charge in [0.2, 0.25) is 5.91 Å². The third kappa shape index (κ3) is 8.64. The summed E-state index contributed by atoms with van der Waals surface area (Å²) in [6.07, 6.45) is 12.3. The number of hydrogen-bond acceptors (Lipinski definition) is 6. The van der Waals surface area contributed by atoms with Crippen LogP contribution in [0.25, 0.3) is 11.8 Å². The van der Waals surface area contributed by atoms with Crippen LogP contribution >= 0.6 is 0 Å². The number of carbonyl (C=O) groups excluding carboxylic acids is 1. The minimum atomic E-state index is 0.0324. The van der Waals surface area contributed by atoms with Gasteiger partial charge in [-0.2, -0.15) is 0 Å².